The first-order valence-electron chi connectivity index (χ1n) is 9.25. The molecule has 3 aromatic rings. The van der Waals surface area contributed by atoms with Gasteiger partial charge in [0.05, 0.1) is 24.1 Å². The van der Waals surface area contributed by atoms with Gasteiger partial charge in [0.15, 0.2) is 0 Å². The van der Waals surface area contributed by atoms with E-state index in [2.05, 4.69) is 21.1 Å². The van der Waals surface area contributed by atoms with Gasteiger partial charge in [-0.2, -0.15) is 0 Å². The average molecular weight is 349 g/mol. The molecule has 0 aliphatic heterocycles. The van der Waals surface area contributed by atoms with Crippen molar-refractivity contribution >= 4 is 16.9 Å². The summed E-state index contributed by atoms with van der Waals surface area (Å²) in [6, 6.07) is 5.36. The molecule has 0 unspecified atom stereocenters. The Bertz CT molecular complexity index is 926. The summed E-state index contributed by atoms with van der Waals surface area (Å²) >= 11 is 0. The van der Waals surface area contributed by atoms with Crippen LogP contribution in [0.4, 0.5) is 0 Å². The minimum Gasteiger partial charge on any atom is -0.465 e. The monoisotopic (exact) mass is 349 g/mol. The normalized spacial score (nSPS) is 15.3. The number of carbonyl (C=O) groups excluding carboxylic acids is 1. The van der Waals surface area contributed by atoms with Crippen molar-refractivity contribution in [3.8, 4) is 11.4 Å². The minimum absolute atomic E-state index is 0.371. The number of methoxy groups -OCH3 is 1. The predicted molar refractivity (Wildman–Crippen MR) is 101 cm³/mol. The lowest BCUT2D eigenvalue weighted by molar-refractivity contribution is 0.0600. The highest BCUT2D eigenvalue weighted by atomic mass is 16.5. The average Bonchev–Trinajstić information content (AvgIpc) is 3.10. The van der Waals surface area contributed by atoms with Gasteiger partial charge in [-0.15, -0.1) is 0 Å². The van der Waals surface area contributed by atoms with Gasteiger partial charge in [-0.25, -0.2) is 4.79 Å². The van der Waals surface area contributed by atoms with E-state index in [1.165, 1.54) is 50.2 Å². The standard InChI is InChI=1S/C21H23N3O2/c1-26-21(25)15-7-8-22-19(10-15)20-11-18-17(13-24-20)16(12-23-18)9-14-5-3-2-4-6-14/h7-8,10-14,23H,2-6,9H2,1H3. The quantitative estimate of drug-likeness (QED) is 0.703. The van der Waals surface area contributed by atoms with Crippen LogP contribution >= 0.6 is 0 Å². The fourth-order valence-corrected chi connectivity index (χ4v) is 3.90. The number of carbonyl (C=O) groups is 1. The Balaban J connectivity index is 1.61. The molecule has 0 aromatic carbocycles. The van der Waals surface area contributed by atoms with E-state index >= 15 is 0 Å². The van der Waals surface area contributed by atoms with Crippen LogP contribution in [0.5, 0.6) is 0 Å². The lowest BCUT2D eigenvalue weighted by atomic mass is 9.85. The lowest BCUT2D eigenvalue weighted by Gasteiger charge is -2.21. The highest BCUT2D eigenvalue weighted by Gasteiger charge is 2.16. The Labute approximate surface area is 152 Å². The molecule has 1 saturated carbocycles. The second-order valence-corrected chi connectivity index (χ2v) is 7.06. The third-order valence-electron chi connectivity index (χ3n) is 5.33. The highest BCUT2D eigenvalue weighted by Crippen LogP contribution is 2.30. The van der Waals surface area contributed by atoms with Crippen molar-refractivity contribution in [2.75, 3.05) is 7.11 Å². The summed E-state index contributed by atoms with van der Waals surface area (Å²) in [7, 11) is 1.37. The Morgan fingerprint density at radius 3 is 2.81 bits per heavy atom. The number of esters is 1. The summed E-state index contributed by atoms with van der Waals surface area (Å²) in [5, 5.41) is 1.18. The maximum absolute atomic E-state index is 11.7. The van der Waals surface area contributed by atoms with Crippen molar-refractivity contribution in [1.82, 2.24) is 15.0 Å². The number of aromatic nitrogens is 3. The minimum atomic E-state index is -0.371. The van der Waals surface area contributed by atoms with Crippen LogP contribution in [-0.2, 0) is 11.2 Å². The molecule has 3 aromatic heterocycles. The van der Waals surface area contributed by atoms with Gasteiger partial charge in [0.25, 0.3) is 0 Å². The number of nitrogens with one attached hydrogen (secondary N) is 1. The maximum Gasteiger partial charge on any atom is 0.337 e. The molecule has 0 amide bonds. The van der Waals surface area contributed by atoms with Gasteiger partial charge >= 0.3 is 5.97 Å². The topological polar surface area (TPSA) is 67.9 Å². The van der Waals surface area contributed by atoms with E-state index in [1.54, 1.807) is 18.3 Å². The molecular weight excluding hydrogens is 326 g/mol. The number of rotatable bonds is 4. The van der Waals surface area contributed by atoms with Crippen LogP contribution in [0.3, 0.4) is 0 Å². The molecule has 4 rings (SSSR count). The number of hydrogen-bond acceptors (Lipinski definition) is 4. The third kappa shape index (κ3) is 3.34. The Morgan fingerprint density at radius 2 is 2.00 bits per heavy atom. The largest absolute Gasteiger partial charge is 0.465 e. The van der Waals surface area contributed by atoms with Crippen LogP contribution < -0.4 is 0 Å². The van der Waals surface area contributed by atoms with Gasteiger partial charge in [-0.05, 0) is 36.1 Å². The molecule has 1 aliphatic rings. The molecule has 0 spiro atoms. The zero-order valence-corrected chi connectivity index (χ0v) is 15.0. The van der Waals surface area contributed by atoms with Crippen LogP contribution in [0.25, 0.3) is 22.3 Å². The summed E-state index contributed by atoms with van der Waals surface area (Å²) < 4.78 is 4.78. The fourth-order valence-electron chi connectivity index (χ4n) is 3.90. The molecule has 26 heavy (non-hydrogen) atoms. The maximum atomic E-state index is 11.7. The lowest BCUT2D eigenvalue weighted by Crippen LogP contribution is -2.08. The van der Waals surface area contributed by atoms with Crippen LogP contribution in [0.1, 0.15) is 48.0 Å². The predicted octanol–water partition coefficient (Wildman–Crippen LogP) is 4.53. The van der Waals surface area contributed by atoms with Gasteiger partial charge in [0.2, 0.25) is 0 Å². The SMILES string of the molecule is COC(=O)c1ccnc(-c2cc3[nH]cc(CC4CCCCC4)c3cn2)c1. The van der Waals surface area contributed by atoms with Gasteiger partial charge in [0, 0.05) is 29.5 Å². The van der Waals surface area contributed by atoms with E-state index in [0.29, 0.717) is 11.3 Å². The number of pyridine rings is 2. The van der Waals surface area contributed by atoms with E-state index in [9.17, 15) is 4.79 Å². The summed E-state index contributed by atoms with van der Waals surface area (Å²) in [6.45, 7) is 0. The molecule has 0 radical (unpaired) electrons. The van der Waals surface area contributed by atoms with Gasteiger partial charge in [-0.1, -0.05) is 32.1 Å². The van der Waals surface area contributed by atoms with Crippen LogP contribution in [0, 0.1) is 5.92 Å². The zero-order valence-electron chi connectivity index (χ0n) is 15.0. The molecule has 1 N–H and O–H groups in total. The summed E-state index contributed by atoms with van der Waals surface area (Å²) in [6.07, 6.45) is 13.5. The second-order valence-electron chi connectivity index (χ2n) is 7.06. The van der Waals surface area contributed by atoms with Crippen molar-refractivity contribution in [2.45, 2.75) is 38.5 Å². The molecule has 5 heteroatoms. The first-order valence-corrected chi connectivity index (χ1v) is 9.25. The van der Waals surface area contributed by atoms with Crippen molar-refractivity contribution in [3.63, 3.8) is 0 Å². The van der Waals surface area contributed by atoms with E-state index < -0.39 is 0 Å². The summed E-state index contributed by atoms with van der Waals surface area (Å²) in [4.78, 5) is 24.0. The molecule has 0 saturated heterocycles. The molecule has 5 nitrogen and oxygen atoms in total. The van der Waals surface area contributed by atoms with Gasteiger partial charge < -0.3 is 9.72 Å². The second kappa shape index (κ2) is 7.28. The number of hydrogen-bond donors (Lipinski definition) is 1. The number of aromatic amines is 1. The summed E-state index contributed by atoms with van der Waals surface area (Å²) in [5.41, 5.74) is 4.30. The van der Waals surface area contributed by atoms with Crippen LogP contribution in [0.2, 0.25) is 0 Å². The molecule has 134 valence electrons. The van der Waals surface area contributed by atoms with Crippen molar-refractivity contribution < 1.29 is 9.53 Å². The van der Waals surface area contributed by atoms with Crippen molar-refractivity contribution in [3.05, 3.63) is 47.9 Å². The summed E-state index contributed by atoms with van der Waals surface area (Å²) in [5.74, 6) is 0.421. The Hall–Kier alpha value is -2.69. The highest BCUT2D eigenvalue weighted by molar-refractivity contribution is 5.91. The van der Waals surface area contributed by atoms with Gasteiger partial charge in [0.1, 0.15) is 0 Å². The molecule has 3 heterocycles. The molecule has 0 atom stereocenters. The van der Waals surface area contributed by atoms with Crippen molar-refractivity contribution in [1.29, 1.82) is 0 Å². The Morgan fingerprint density at radius 1 is 1.19 bits per heavy atom. The Kier molecular flexibility index (Phi) is 4.69. The first-order chi connectivity index (χ1) is 12.7. The van der Waals surface area contributed by atoms with Crippen LogP contribution in [0.15, 0.2) is 36.8 Å². The number of ether oxygens (including phenoxy) is 1. The van der Waals surface area contributed by atoms with E-state index in [1.807, 2.05) is 12.3 Å². The zero-order chi connectivity index (χ0) is 17.9. The van der Waals surface area contributed by atoms with E-state index in [-0.39, 0.29) is 5.97 Å². The molecule has 1 fully saturated rings. The molecule has 0 bridgehead atoms. The third-order valence-corrected chi connectivity index (χ3v) is 5.33. The van der Waals surface area contributed by atoms with E-state index in [0.717, 1.165) is 23.5 Å². The van der Waals surface area contributed by atoms with Gasteiger partial charge in [-0.3, -0.25) is 9.97 Å². The van der Waals surface area contributed by atoms with E-state index in [4.69, 9.17) is 4.74 Å². The number of nitrogens with zero attached hydrogens (tertiary/aromatic N) is 2. The fraction of sp³-hybridized carbons (Fsp3) is 0.381. The molecular formula is C21H23N3O2. The number of H-pyrrole nitrogens is 1. The number of fused-ring (bicyclic) bond motifs is 1. The smallest absolute Gasteiger partial charge is 0.337 e. The molecule has 1 aliphatic carbocycles. The van der Waals surface area contributed by atoms with Crippen LogP contribution in [-0.4, -0.2) is 28.0 Å². The first kappa shape index (κ1) is 16.8. The van der Waals surface area contributed by atoms with Crippen molar-refractivity contribution in [2.24, 2.45) is 5.92 Å².